The third-order valence-corrected chi connectivity index (χ3v) is 2.71. The van der Waals surface area contributed by atoms with Crippen LogP contribution in [0.4, 0.5) is 4.79 Å². The van der Waals surface area contributed by atoms with Crippen molar-refractivity contribution in [2.75, 3.05) is 27.2 Å². The van der Waals surface area contributed by atoms with Gasteiger partial charge in [0.05, 0.1) is 0 Å². The molecule has 18 heavy (non-hydrogen) atoms. The highest BCUT2D eigenvalue weighted by atomic mass is 16.4. The van der Waals surface area contributed by atoms with Crippen LogP contribution in [-0.4, -0.2) is 66.0 Å². The highest BCUT2D eigenvalue weighted by molar-refractivity contribution is 5.86. The van der Waals surface area contributed by atoms with E-state index in [1.54, 1.807) is 13.8 Å². The molecule has 0 aromatic carbocycles. The number of carbonyl (C=O) groups excluding carboxylic acids is 2. The molecule has 1 unspecified atom stereocenters. The van der Waals surface area contributed by atoms with E-state index < -0.39 is 18.0 Å². The number of amides is 3. The summed E-state index contributed by atoms with van der Waals surface area (Å²) in [5, 5.41) is 11.4. The van der Waals surface area contributed by atoms with E-state index in [4.69, 9.17) is 5.11 Å². The molecule has 1 atom stereocenters. The molecule has 104 valence electrons. The van der Waals surface area contributed by atoms with E-state index in [1.165, 1.54) is 19.0 Å². The van der Waals surface area contributed by atoms with Crippen LogP contribution in [-0.2, 0) is 9.59 Å². The number of likely N-dealkylation sites (N-methyl/N-ethyl adjacent to an activating group) is 3. The lowest BCUT2D eigenvalue weighted by Crippen LogP contribution is -2.50. The lowest BCUT2D eigenvalue weighted by atomic mass is 10.2. The Kier molecular flexibility index (Phi) is 6.77. The Morgan fingerprint density at radius 1 is 1.28 bits per heavy atom. The second-order valence-electron chi connectivity index (χ2n) is 3.84. The number of nitrogens with zero attached hydrogens (tertiary/aromatic N) is 2. The second-order valence-corrected chi connectivity index (χ2v) is 3.84. The summed E-state index contributed by atoms with van der Waals surface area (Å²) in [6.07, 6.45) is 0.315. The third-order valence-electron chi connectivity index (χ3n) is 2.71. The second kappa shape index (κ2) is 7.52. The maximum Gasteiger partial charge on any atom is 0.326 e. The molecular weight excluding hydrogens is 238 g/mol. The Labute approximate surface area is 107 Å². The van der Waals surface area contributed by atoms with E-state index in [-0.39, 0.29) is 12.5 Å². The van der Waals surface area contributed by atoms with E-state index in [0.717, 1.165) is 4.90 Å². The first-order valence-electron chi connectivity index (χ1n) is 5.84. The van der Waals surface area contributed by atoms with Crippen LogP contribution >= 0.6 is 0 Å². The Morgan fingerprint density at radius 3 is 2.17 bits per heavy atom. The van der Waals surface area contributed by atoms with Gasteiger partial charge in [-0.05, 0) is 13.3 Å². The molecule has 0 aromatic heterocycles. The number of rotatable bonds is 6. The largest absolute Gasteiger partial charge is 0.480 e. The number of urea groups is 1. The number of carboxylic acid groups (broad SMARTS) is 1. The van der Waals surface area contributed by atoms with Crippen LogP contribution < -0.4 is 5.32 Å². The van der Waals surface area contributed by atoms with Crippen molar-refractivity contribution in [3.05, 3.63) is 0 Å². The highest BCUT2D eigenvalue weighted by Crippen LogP contribution is 2.06. The fourth-order valence-electron chi connectivity index (χ4n) is 1.54. The van der Waals surface area contributed by atoms with Gasteiger partial charge in [0, 0.05) is 20.6 Å². The van der Waals surface area contributed by atoms with Gasteiger partial charge in [-0.25, -0.2) is 9.59 Å². The maximum atomic E-state index is 12.0. The molecule has 0 radical (unpaired) electrons. The molecule has 0 fully saturated rings. The Bertz CT molecular complexity index is 319. The zero-order chi connectivity index (χ0) is 14.3. The van der Waals surface area contributed by atoms with Crippen molar-refractivity contribution < 1.29 is 19.5 Å². The van der Waals surface area contributed by atoms with Crippen molar-refractivity contribution in [3.8, 4) is 0 Å². The van der Waals surface area contributed by atoms with Gasteiger partial charge in [0.1, 0.15) is 12.6 Å². The van der Waals surface area contributed by atoms with Crippen LogP contribution in [0.3, 0.4) is 0 Å². The molecule has 0 spiro atoms. The maximum absolute atomic E-state index is 12.0. The molecule has 0 aliphatic rings. The normalized spacial score (nSPS) is 11.6. The highest BCUT2D eigenvalue weighted by Gasteiger charge is 2.28. The summed E-state index contributed by atoms with van der Waals surface area (Å²) in [5.41, 5.74) is 0. The van der Waals surface area contributed by atoms with Crippen LogP contribution in [0.1, 0.15) is 20.3 Å². The summed E-state index contributed by atoms with van der Waals surface area (Å²) < 4.78 is 0. The molecule has 0 bridgehead atoms. The van der Waals surface area contributed by atoms with Gasteiger partial charge < -0.3 is 20.2 Å². The molecule has 0 aromatic rings. The smallest absolute Gasteiger partial charge is 0.326 e. The first-order valence-corrected chi connectivity index (χ1v) is 5.84. The molecule has 7 heteroatoms. The quantitative estimate of drug-likeness (QED) is 0.701. The van der Waals surface area contributed by atoms with Crippen LogP contribution in [0.15, 0.2) is 0 Å². The zero-order valence-corrected chi connectivity index (χ0v) is 11.3. The number of hydrogen-bond acceptors (Lipinski definition) is 3. The van der Waals surface area contributed by atoms with Crippen LogP contribution in [0.5, 0.6) is 0 Å². The van der Waals surface area contributed by atoms with Crippen molar-refractivity contribution >= 4 is 17.9 Å². The minimum atomic E-state index is -1.05. The van der Waals surface area contributed by atoms with E-state index in [1.807, 2.05) is 0 Å². The van der Waals surface area contributed by atoms with Gasteiger partial charge in [0.15, 0.2) is 0 Å². The molecule has 3 amide bonds. The minimum Gasteiger partial charge on any atom is -0.480 e. The monoisotopic (exact) mass is 259 g/mol. The lowest BCUT2D eigenvalue weighted by Gasteiger charge is -2.30. The summed E-state index contributed by atoms with van der Waals surface area (Å²) in [6.45, 7) is 3.69. The van der Waals surface area contributed by atoms with Crippen molar-refractivity contribution in [1.29, 1.82) is 0 Å². The minimum absolute atomic E-state index is 0.0772. The first kappa shape index (κ1) is 16.2. The van der Waals surface area contributed by atoms with Gasteiger partial charge in [-0.2, -0.15) is 0 Å². The van der Waals surface area contributed by atoms with E-state index in [9.17, 15) is 14.4 Å². The summed E-state index contributed by atoms with van der Waals surface area (Å²) in [7, 11) is 2.91. The van der Waals surface area contributed by atoms with Crippen molar-refractivity contribution in [2.24, 2.45) is 0 Å². The SMILES string of the molecule is CCC(C(=O)O)N(C)C(=O)N(CC)CC(=O)NC. The first-order chi connectivity index (χ1) is 8.38. The average molecular weight is 259 g/mol. The molecule has 0 aliphatic heterocycles. The topological polar surface area (TPSA) is 90.0 Å². The third kappa shape index (κ3) is 4.23. The van der Waals surface area contributed by atoms with Crippen LogP contribution in [0, 0.1) is 0 Å². The lowest BCUT2D eigenvalue weighted by molar-refractivity contribution is -0.142. The van der Waals surface area contributed by atoms with Crippen LogP contribution in [0.2, 0.25) is 0 Å². The molecule has 7 nitrogen and oxygen atoms in total. The average Bonchev–Trinajstić information content (AvgIpc) is 2.34. The Hall–Kier alpha value is -1.79. The van der Waals surface area contributed by atoms with Crippen molar-refractivity contribution in [1.82, 2.24) is 15.1 Å². The van der Waals surface area contributed by atoms with Gasteiger partial charge in [0.25, 0.3) is 0 Å². The van der Waals surface area contributed by atoms with Gasteiger partial charge in [-0.15, -0.1) is 0 Å². The summed E-state index contributed by atoms with van der Waals surface area (Å²) >= 11 is 0. The molecule has 0 rings (SSSR count). The number of carboxylic acids is 1. The Morgan fingerprint density at radius 2 is 1.83 bits per heavy atom. The predicted octanol–water partition coefficient (Wildman–Crippen LogP) is -0.0307. The summed E-state index contributed by atoms with van der Waals surface area (Å²) in [4.78, 5) is 36.7. The van der Waals surface area contributed by atoms with E-state index >= 15 is 0 Å². The number of aliphatic carboxylic acids is 1. The van der Waals surface area contributed by atoms with Gasteiger partial charge >= 0.3 is 12.0 Å². The standard InChI is InChI=1S/C11H21N3O4/c1-5-8(10(16)17)13(4)11(18)14(6-2)7-9(15)12-3/h8H,5-7H2,1-4H3,(H,12,15)(H,16,17). The van der Waals surface area contributed by atoms with E-state index in [0.29, 0.717) is 13.0 Å². The molecule has 0 saturated heterocycles. The predicted molar refractivity (Wildman–Crippen MR) is 66.2 cm³/mol. The van der Waals surface area contributed by atoms with Crippen molar-refractivity contribution in [3.63, 3.8) is 0 Å². The Balaban J connectivity index is 4.76. The molecular formula is C11H21N3O4. The van der Waals surface area contributed by atoms with Gasteiger partial charge in [-0.3, -0.25) is 4.79 Å². The van der Waals surface area contributed by atoms with Gasteiger partial charge in [-0.1, -0.05) is 6.92 Å². The molecule has 0 heterocycles. The van der Waals surface area contributed by atoms with Crippen molar-refractivity contribution in [2.45, 2.75) is 26.3 Å². The number of nitrogens with one attached hydrogen (secondary N) is 1. The molecule has 0 saturated carbocycles. The number of hydrogen-bond donors (Lipinski definition) is 2. The molecule has 2 N–H and O–H groups in total. The summed E-state index contributed by atoms with van der Waals surface area (Å²) in [5.74, 6) is -1.34. The molecule has 0 aliphatic carbocycles. The zero-order valence-electron chi connectivity index (χ0n) is 11.3. The van der Waals surface area contributed by atoms with E-state index in [2.05, 4.69) is 5.32 Å². The number of carbonyl (C=O) groups is 3. The fourth-order valence-corrected chi connectivity index (χ4v) is 1.54. The fraction of sp³-hybridized carbons (Fsp3) is 0.727. The van der Waals surface area contributed by atoms with Gasteiger partial charge in [0.2, 0.25) is 5.91 Å². The van der Waals surface area contributed by atoms with Crippen LogP contribution in [0.25, 0.3) is 0 Å². The summed E-state index contributed by atoms with van der Waals surface area (Å²) in [6, 6.07) is -1.34.